The summed E-state index contributed by atoms with van der Waals surface area (Å²) in [6, 6.07) is 3.00. The third-order valence-corrected chi connectivity index (χ3v) is 3.78. The molecule has 0 bridgehead atoms. The van der Waals surface area contributed by atoms with Gasteiger partial charge >= 0.3 is 0 Å². The van der Waals surface area contributed by atoms with E-state index < -0.39 is 17.7 Å². The molecule has 2 N–H and O–H groups in total. The highest BCUT2D eigenvalue weighted by Gasteiger charge is 2.31. The highest BCUT2D eigenvalue weighted by molar-refractivity contribution is 5.88. The maximum absolute atomic E-state index is 13.3. The molecule has 7 heteroatoms. The van der Waals surface area contributed by atoms with Gasteiger partial charge in [-0.25, -0.2) is 8.78 Å². The first-order valence-corrected chi connectivity index (χ1v) is 7.73. The van der Waals surface area contributed by atoms with Crippen LogP contribution in [-0.4, -0.2) is 42.4 Å². The van der Waals surface area contributed by atoms with Crippen molar-refractivity contribution in [3.63, 3.8) is 0 Å². The van der Waals surface area contributed by atoms with Gasteiger partial charge < -0.3 is 10.6 Å². The van der Waals surface area contributed by atoms with E-state index >= 15 is 0 Å². The Morgan fingerprint density at radius 3 is 2.83 bits per heavy atom. The van der Waals surface area contributed by atoms with Gasteiger partial charge in [0, 0.05) is 26.2 Å². The van der Waals surface area contributed by atoms with Gasteiger partial charge in [-0.2, -0.15) is 0 Å². The Bertz CT molecular complexity index is 649. The second-order valence-electron chi connectivity index (χ2n) is 5.96. The number of nitrogens with one attached hydrogen (secondary N) is 2. The van der Waals surface area contributed by atoms with Gasteiger partial charge in [-0.05, 0) is 24.6 Å². The molecule has 0 radical (unpaired) electrons. The number of carbonyl (C=O) groups is 2. The van der Waals surface area contributed by atoms with Crippen LogP contribution in [-0.2, 0) is 16.1 Å². The summed E-state index contributed by atoms with van der Waals surface area (Å²) in [5.41, 5.74) is 1.37. The van der Waals surface area contributed by atoms with Gasteiger partial charge in [0.15, 0.2) is 11.6 Å². The van der Waals surface area contributed by atoms with Crippen molar-refractivity contribution >= 4 is 11.8 Å². The van der Waals surface area contributed by atoms with Crippen molar-refractivity contribution in [1.82, 2.24) is 15.5 Å². The van der Waals surface area contributed by atoms with Crippen LogP contribution in [0.25, 0.3) is 0 Å². The lowest BCUT2D eigenvalue weighted by Gasteiger charge is -2.34. The molecule has 1 aliphatic rings. The number of carbonyl (C=O) groups excluding carboxylic acids is 2. The third-order valence-electron chi connectivity index (χ3n) is 3.78. The van der Waals surface area contributed by atoms with Crippen LogP contribution in [0.4, 0.5) is 8.78 Å². The van der Waals surface area contributed by atoms with E-state index in [0.29, 0.717) is 25.2 Å². The van der Waals surface area contributed by atoms with E-state index in [1.54, 1.807) is 11.8 Å². The molecule has 130 valence electrons. The molecule has 0 saturated carbocycles. The zero-order valence-electron chi connectivity index (χ0n) is 13.6. The number of hydrogen-bond acceptors (Lipinski definition) is 3. The third kappa shape index (κ3) is 4.86. The van der Waals surface area contributed by atoms with Crippen LogP contribution in [0.15, 0.2) is 30.4 Å². The molecule has 0 unspecified atom stereocenters. The Morgan fingerprint density at radius 2 is 2.17 bits per heavy atom. The molecule has 1 fully saturated rings. The lowest BCUT2D eigenvalue weighted by molar-refractivity contribution is -0.134. The van der Waals surface area contributed by atoms with E-state index in [1.807, 2.05) is 0 Å². The van der Waals surface area contributed by atoms with Gasteiger partial charge in [-0.3, -0.25) is 14.5 Å². The summed E-state index contributed by atoms with van der Waals surface area (Å²) in [7, 11) is 0. The van der Waals surface area contributed by atoms with E-state index in [9.17, 15) is 18.4 Å². The predicted molar refractivity (Wildman–Crippen MR) is 86.0 cm³/mol. The van der Waals surface area contributed by atoms with Crippen molar-refractivity contribution in [2.24, 2.45) is 0 Å². The molecule has 2 rings (SSSR count). The molecule has 1 atom stereocenters. The van der Waals surface area contributed by atoms with Crippen molar-refractivity contribution in [3.05, 3.63) is 47.5 Å². The predicted octanol–water partition coefficient (Wildman–Crippen LogP) is 1.35. The monoisotopic (exact) mass is 337 g/mol. The van der Waals surface area contributed by atoms with Crippen LogP contribution >= 0.6 is 0 Å². The van der Waals surface area contributed by atoms with Crippen molar-refractivity contribution in [3.8, 4) is 0 Å². The van der Waals surface area contributed by atoms with E-state index in [4.69, 9.17) is 0 Å². The van der Waals surface area contributed by atoms with Crippen LogP contribution in [0.5, 0.6) is 0 Å². The van der Waals surface area contributed by atoms with E-state index in [0.717, 1.165) is 17.7 Å². The molecule has 1 saturated heterocycles. The fourth-order valence-electron chi connectivity index (χ4n) is 2.54. The van der Waals surface area contributed by atoms with Gasteiger partial charge in [0.05, 0.1) is 12.5 Å². The Hall–Kier alpha value is -2.28. The standard InChI is InChI=1S/C17H21F2N3O2/c1-11(2)9-21-16(23)8-15-17(24)20-5-6-22(15)10-12-3-4-13(18)14(19)7-12/h3-4,7,15H,1,5-6,8-10H2,2H3,(H,20,24)(H,21,23)/t15-/m1/s1. The number of nitrogens with zero attached hydrogens (tertiary/aromatic N) is 1. The number of amides is 2. The second kappa shape index (κ2) is 8.01. The van der Waals surface area contributed by atoms with Crippen LogP contribution in [0, 0.1) is 11.6 Å². The Balaban J connectivity index is 2.04. The molecular formula is C17H21F2N3O2. The van der Waals surface area contributed by atoms with Gasteiger partial charge in [0.1, 0.15) is 0 Å². The molecule has 24 heavy (non-hydrogen) atoms. The SMILES string of the molecule is C=C(C)CNC(=O)C[C@@H]1C(=O)NCCN1Cc1ccc(F)c(F)c1. The normalized spacial score (nSPS) is 18.1. The van der Waals surface area contributed by atoms with Gasteiger partial charge in [0.2, 0.25) is 11.8 Å². The summed E-state index contributed by atoms with van der Waals surface area (Å²) in [5.74, 6) is -2.33. The Kier molecular flexibility index (Phi) is 6.03. The van der Waals surface area contributed by atoms with Crippen LogP contribution < -0.4 is 10.6 Å². The largest absolute Gasteiger partial charge is 0.353 e. The fraction of sp³-hybridized carbons (Fsp3) is 0.412. The highest BCUT2D eigenvalue weighted by Crippen LogP contribution is 2.16. The van der Waals surface area contributed by atoms with Crippen LogP contribution in [0.2, 0.25) is 0 Å². The smallest absolute Gasteiger partial charge is 0.237 e. The van der Waals surface area contributed by atoms with Crippen molar-refractivity contribution < 1.29 is 18.4 Å². The molecule has 1 aromatic rings. The number of benzene rings is 1. The minimum absolute atomic E-state index is 0.00277. The summed E-state index contributed by atoms with van der Waals surface area (Å²) in [4.78, 5) is 25.9. The molecule has 1 aromatic carbocycles. The number of rotatable bonds is 6. The average molecular weight is 337 g/mol. The zero-order chi connectivity index (χ0) is 17.7. The van der Waals surface area contributed by atoms with Gasteiger partial charge in [-0.1, -0.05) is 18.2 Å². The molecule has 0 aromatic heterocycles. The van der Waals surface area contributed by atoms with Gasteiger partial charge in [0.25, 0.3) is 0 Å². The Morgan fingerprint density at radius 1 is 1.42 bits per heavy atom. The maximum atomic E-state index is 13.3. The number of hydrogen-bond donors (Lipinski definition) is 2. The first-order valence-electron chi connectivity index (χ1n) is 7.73. The summed E-state index contributed by atoms with van der Waals surface area (Å²) in [6.45, 7) is 7.11. The van der Waals surface area contributed by atoms with Crippen molar-refractivity contribution in [2.75, 3.05) is 19.6 Å². The second-order valence-corrected chi connectivity index (χ2v) is 5.96. The summed E-state index contributed by atoms with van der Waals surface area (Å²) >= 11 is 0. The molecule has 1 aliphatic heterocycles. The molecule has 0 aliphatic carbocycles. The molecule has 5 nitrogen and oxygen atoms in total. The van der Waals surface area contributed by atoms with Crippen LogP contribution in [0.3, 0.4) is 0 Å². The van der Waals surface area contributed by atoms with E-state index in [1.165, 1.54) is 6.07 Å². The zero-order valence-corrected chi connectivity index (χ0v) is 13.6. The summed E-state index contributed by atoms with van der Waals surface area (Å²) in [6.07, 6.45) is 0.00277. The maximum Gasteiger partial charge on any atom is 0.237 e. The average Bonchev–Trinajstić information content (AvgIpc) is 2.52. The molecule has 0 spiro atoms. The van der Waals surface area contributed by atoms with E-state index in [-0.39, 0.29) is 24.8 Å². The molecule has 1 heterocycles. The molecular weight excluding hydrogens is 316 g/mol. The first-order chi connectivity index (χ1) is 11.4. The van der Waals surface area contributed by atoms with E-state index in [2.05, 4.69) is 17.2 Å². The summed E-state index contributed by atoms with van der Waals surface area (Å²) in [5, 5.41) is 5.42. The van der Waals surface area contributed by atoms with Gasteiger partial charge in [-0.15, -0.1) is 0 Å². The number of piperazine rings is 1. The van der Waals surface area contributed by atoms with Crippen molar-refractivity contribution in [2.45, 2.75) is 25.9 Å². The lowest BCUT2D eigenvalue weighted by Crippen LogP contribution is -2.56. The minimum atomic E-state index is -0.926. The lowest BCUT2D eigenvalue weighted by atomic mass is 10.1. The summed E-state index contributed by atoms with van der Waals surface area (Å²) < 4.78 is 26.4. The van der Waals surface area contributed by atoms with Crippen LogP contribution in [0.1, 0.15) is 18.9 Å². The first kappa shape index (κ1) is 18.1. The number of halogens is 2. The topological polar surface area (TPSA) is 61.4 Å². The quantitative estimate of drug-likeness (QED) is 0.771. The van der Waals surface area contributed by atoms with Crippen molar-refractivity contribution in [1.29, 1.82) is 0 Å². The Labute approximate surface area is 139 Å². The minimum Gasteiger partial charge on any atom is -0.353 e. The fourth-order valence-corrected chi connectivity index (χ4v) is 2.54. The molecule has 2 amide bonds. The highest BCUT2D eigenvalue weighted by atomic mass is 19.2.